The Labute approximate surface area is 141 Å². The van der Waals surface area contributed by atoms with Crippen LogP contribution in [-0.4, -0.2) is 35.2 Å². The third kappa shape index (κ3) is 7.69. The molecule has 3 N–H and O–H groups in total. The van der Waals surface area contributed by atoms with Crippen molar-refractivity contribution in [2.45, 2.75) is 40.5 Å². The number of hydrogen-bond acceptors (Lipinski definition) is 5. The fourth-order valence-corrected chi connectivity index (χ4v) is 2.58. The Balaban J connectivity index is 2.37. The lowest BCUT2D eigenvalue weighted by molar-refractivity contribution is 0.248. The number of nitrogens with zero attached hydrogens (tertiary/aromatic N) is 2. The van der Waals surface area contributed by atoms with E-state index in [1.165, 1.54) is 6.07 Å². The van der Waals surface area contributed by atoms with Crippen molar-refractivity contribution in [3.63, 3.8) is 0 Å². The highest BCUT2D eigenvalue weighted by Gasteiger charge is 2.20. The molecule has 24 heavy (non-hydrogen) atoms. The van der Waals surface area contributed by atoms with Gasteiger partial charge in [0.25, 0.3) is 5.56 Å². The van der Waals surface area contributed by atoms with E-state index in [0.29, 0.717) is 24.7 Å². The maximum Gasteiger partial charge on any atom is 0.321 e. The minimum absolute atomic E-state index is 0.0793. The van der Waals surface area contributed by atoms with Gasteiger partial charge in [-0.3, -0.25) is 15.1 Å². The second-order valence-corrected chi connectivity index (χ2v) is 6.79. The van der Waals surface area contributed by atoms with Crippen LogP contribution in [0.1, 0.15) is 39.3 Å². The van der Waals surface area contributed by atoms with E-state index in [-0.39, 0.29) is 16.9 Å². The number of hydrogen-bond donors (Lipinski definition) is 3. The van der Waals surface area contributed by atoms with Gasteiger partial charge in [0.1, 0.15) is 0 Å². The highest BCUT2D eigenvalue weighted by Crippen LogP contribution is 2.27. The maximum atomic E-state index is 11.8. The third-order valence-corrected chi connectivity index (χ3v) is 3.50. The van der Waals surface area contributed by atoms with Crippen molar-refractivity contribution in [2.75, 3.05) is 18.4 Å². The Morgan fingerprint density at radius 3 is 2.83 bits per heavy atom. The van der Waals surface area contributed by atoms with E-state index in [2.05, 4.69) is 32.5 Å². The van der Waals surface area contributed by atoms with Gasteiger partial charge in [-0.2, -0.15) is 0 Å². The molecule has 1 aromatic heterocycles. The second-order valence-electron chi connectivity index (χ2n) is 6.79. The normalized spacial score (nSPS) is 12.2. The molecule has 1 rings (SSSR count). The average molecular weight is 335 g/mol. The van der Waals surface area contributed by atoms with Gasteiger partial charge in [-0.25, -0.2) is 19.6 Å². The number of aromatic amines is 1. The molecule has 0 aliphatic carbocycles. The molecule has 0 fully saturated rings. The van der Waals surface area contributed by atoms with Crippen molar-refractivity contribution in [2.24, 2.45) is 16.3 Å². The van der Waals surface area contributed by atoms with Crippen LogP contribution in [0.15, 0.2) is 15.9 Å². The molecular formula is C16H25N5O3. The highest BCUT2D eigenvalue weighted by molar-refractivity contribution is 5.87. The monoisotopic (exact) mass is 335 g/mol. The van der Waals surface area contributed by atoms with Gasteiger partial charge in [0.2, 0.25) is 12.0 Å². The number of H-pyrrole nitrogens is 1. The number of carbonyl (C=O) groups is 1. The summed E-state index contributed by atoms with van der Waals surface area (Å²) in [7, 11) is 0. The summed E-state index contributed by atoms with van der Waals surface area (Å²) in [5, 5.41) is 5.23. The average Bonchev–Trinajstić information content (AvgIpc) is 2.43. The van der Waals surface area contributed by atoms with Crippen molar-refractivity contribution < 1.29 is 9.59 Å². The number of amides is 2. The predicted molar refractivity (Wildman–Crippen MR) is 91.8 cm³/mol. The van der Waals surface area contributed by atoms with Crippen molar-refractivity contribution in [1.29, 1.82) is 0 Å². The zero-order valence-electron chi connectivity index (χ0n) is 14.6. The topological polar surface area (TPSA) is 116 Å². The first-order valence-electron chi connectivity index (χ1n) is 7.88. The standard InChI is InChI=1S/C16H25N5O3/c1-11(8-16(3,4)9-17-10-22)5-6-18-15(24)21-14-19-12(2)7-13(23)20-14/h7,11H,5-6,8-9H2,1-4H3,(H3,18,19,20,21,23,24). The molecule has 1 atom stereocenters. The molecule has 0 aromatic carbocycles. The first-order valence-corrected chi connectivity index (χ1v) is 7.88. The number of rotatable bonds is 8. The molecule has 2 amide bonds. The SMILES string of the molecule is Cc1cc(=O)[nH]c(NC(=O)NCCC(C)CC(C)(C)CN=C=O)n1. The van der Waals surface area contributed by atoms with Gasteiger partial charge < -0.3 is 5.32 Å². The third-order valence-electron chi connectivity index (χ3n) is 3.50. The zero-order valence-corrected chi connectivity index (χ0v) is 14.6. The molecule has 132 valence electrons. The van der Waals surface area contributed by atoms with Gasteiger partial charge >= 0.3 is 6.03 Å². The zero-order chi connectivity index (χ0) is 18.2. The van der Waals surface area contributed by atoms with Crippen LogP contribution in [0.5, 0.6) is 0 Å². The first kappa shape index (κ1) is 19.6. The smallest absolute Gasteiger partial charge is 0.321 e. The molecule has 8 nitrogen and oxygen atoms in total. The fourth-order valence-electron chi connectivity index (χ4n) is 2.58. The number of aliphatic imine (C=N–C) groups is 1. The number of anilines is 1. The highest BCUT2D eigenvalue weighted by atomic mass is 16.2. The summed E-state index contributed by atoms with van der Waals surface area (Å²) in [5.41, 5.74) is 0.138. The quantitative estimate of drug-likeness (QED) is 0.497. The maximum absolute atomic E-state index is 11.8. The van der Waals surface area contributed by atoms with Crippen molar-refractivity contribution in [3.8, 4) is 0 Å². The number of nitrogens with one attached hydrogen (secondary N) is 3. The van der Waals surface area contributed by atoms with E-state index >= 15 is 0 Å². The summed E-state index contributed by atoms with van der Waals surface area (Å²) in [6.45, 7) is 8.80. The van der Waals surface area contributed by atoms with E-state index in [1.807, 2.05) is 13.8 Å². The van der Waals surface area contributed by atoms with Crippen molar-refractivity contribution in [1.82, 2.24) is 15.3 Å². The van der Waals surface area contributed by atoms with Gasteiger partial charge in [0, 0.05) is 18.3 Å². The Hall–Kier alpha value is -2.47. The second kappa shape index (κ2) is 8.98. The van der Waals surface area contributed by atoms with Gasteiger partial charge in [-0.05, 0) is 31.1 Å². The molecule has 0 spiro atoms. The lowest BCUT2D eigenvalue weighted by Gasteiger charge is -2.25. The summed E-state index contributed by atoms with van der Waals surface area (Å²) in [5.74, 6) is 0.484. The minimum Gasteiger partial charge on any atom is -0.338 e. The van der Waals surface area contributed by atoms with Gasteiger partial charge in [-0.15, -0.1) is 0 Å². The molecule has 0 saturated heterocycles. The van der Waals surface area contributed by atoms with Crippen LogP contribution in [0.2, 0.25) is 0 Å². The van der Waals surface area contributed by atoms with Crippen LogP contribution >= 0.6 is 0 Å². The van der Waals surface area contributed by atoms with Crippen molar-refractivity contribution >= 4 is 18.1 Å². The summed E-state index contributed by atoms with van der Waals surface area (Å²) in [6.07, 6.45) is 3.24. The predicted octanol–water partition coefficient (Wildman–Crippen LogP) is 1.98. The molecule has 0 saturated carbocycles. The fraction of sp³-hybridized carbons (Fsp3) is 0.625. The Kier molecular flexibility index (Phi) is 7.32. The Morgan fingerprint density at radius 1 is 1.50 bits per heavy atom. The van der Waals surface area contributed by atoms with Crippen LogP contribution in [0, 0.1) is 18.3 Å². The molecule has 1 unspecified atom stereocenters. The Bertz CT molecular complexity index is 662. The molecule has 1 heterocycles. The van der Waals surface area contributed by atoms with E-state index in [4.69, 9.17) is 0 Å². The number of isocyanates is 1. The lowest BCUT2D eigenvalue weighted by Crippen LogP contribution is -2.32. The number of carbonyl (C=O) groups excluding carboxylic acids is 2. The van der Waals surface area contributed by atoms with Gasteiger partial charge in [0.15, 0.2) is 0 Å². The largest absolute Gasteiger partial charge is 0.338 e. The Morgan fingerprint density at radius 2 is 2.21 bits per heavy atom. The van der Waals surface area contributed by atoms with Crippen LogP contribution in [0.3, 0.4) is 0 Å². The number of aromatic nitrogens is 2. The molecule has 0 bridgehead atoms. The summed E-state index contributed by atoms with van der Waals surface area (Å²) >= 11 is 0. The molecule has 8 heteroatoms. The number of urea groups is 1. The van der Waals surface area contributed by atoms with E-state index < -0.39 is 6.03 Å². The number of aryl methyl sites for hydroxylation is 1. The van der Waals surface area contributed by atoms with Gasteiger partial charge in [-0.1, -0.05) is 20.8 Å². The minimum atomic E-state index is -0.416. The summed E-state index contributed by atoms with van der Waals surface area (Å²) < 4.78 is 0. The first-order chi connectivity index (χ1) is 11.2. The van der Waals surface area contributed by atoms with Crippen LogP contribution in [0.4, 0.5) is 10.7 Å². The molecule has 0 aliphatic heterocycles. The molecule has 0 aliphatic rings. The van der Waals surface area contributed by atoms with E-state index in [9.17, 15) is 14.4 Å². The van der Waals surface area contributed by atoms with Gasteiger partial charge in [0.05, 0.1) is 6.54 Å². The van der Waals surface area contributed by atoms with Crippen LogP contribution in [-0.2, 0) is 4.79 Å². The van der Waals surface area contributed by atoms with Crippen LogP contribution < -0.4 is 16.2 Å². The molecular weight excluding hydrogens is 310 g/mol. The van der Waals surface area contributed by atoms with E-state index in [1.54, 1.807) is 13.0 Å². The molecule has 0 radical (unpaired) electrons. The van der Waals surface area contributed by atoms with E-state index in [0.717, 1.165) is 12.8 Å². The van der Waals surface area contributed by atoms with Crippen LogP contribution in [0.25, 0.3) is 0 Å². The summed E-state index contributed by atoms with van der Waals surface area (Å²) in [6, 6.07) is 0.932. The lowest BCUT2D eigenvalue weighted by atomic mass is 9.82. The van der Waals surface area contributed by atoms with Crippen molar-refractivity contribution in [3.05, 3.63) is 22.1 Å². The molecule has 1 aromatic rings. The summed E-state index contributed by atoms with van der Waals surface area (Å²) in [4.78, 5) is 43.4.